The average Bonchev–Trinajstić information content (AvgIpc) is 1.79. The fraction of sp³-hybridized carbons (Fsp3) is 1.00. The van der Waals surface area contributed by atoms with Gasteiger partial charge in [-0.1, -0.05) is 12.8 Å². The lowest BCUT2D eigenvalue weighted by Crippen LogP contribution is -2.29. The summed E-state index contributed by atoms with van der Waals surface area (Å²) in [7, 11) is 0. The van der Waals surface area contributed by atoms with E-state index in [0.717, 1.165) is 19.5 Å². The summed E-state index contributed by atoms with van der Waals surface area (Å²) in [6.45, 7) is 1.87. The minimum Gasteiger partial charge on any atom is -0.392 e. The van der Waals surface area contributed by atoms with Gasteiger partial charge in [0, 0.05) is 6.54 Å². The fourth-order valence-corrected chi connectivity index (χ4v) is 1.18. The Morgan fingerprint density at radius 3 is 3.00 bits per heavy atom. The van der Waals surface area contributed by atoms with Gasteiger partial charge in [0.25, 0.3) is 0 Å². The highest BCUT2D eigenvalue weighted by Gasteiger charge is 2.05. The van der Waals surface area contributed by atoms with E-state index in [9.17, 15) is 0 Å². The lowest BCUT2D eigenvalue weighted by Gasteiger charge is -2.14. The number of nitrogens with one attached hydrogen (secondary N) is 1. The van der Waals surface area contributed by atoms with Crippen LogP contribution >= 0.6 is 0 Å². The predicted molar refractivity (Wildman–Crippen MR) is 37.3 cm³/mol. The van der Waals surface area contributed by atoms with E-state index >= 15 is 0 Å². The zero-order valence-corrected chi connectivity index (χ0v) is 5.77. The van der Waals surface area contributed by atoms with Crippen molar-refractivity contribution in [1.82, 2.24) is 5.32 Å². The van der Waals surface area contributed by atoms with Gasteiger partial charge in [-0.3, -0.25) is 0 Å². The normalized spacial score (nSPS) is 31.0. The van der Waals surface area contributed by atoms with Crippen LogP contribution in [0.3, 0.4) is 0 Å². The van der Waals surface area contributed by atoms with Crippen LogP contribution in [0.1, 0.15) is 25.7 Å². The van der Waals surface area contributed by atoms with Crippen LogP contribution in [0.2, 0.25) is 0 Å². The third-order valence-electron chi connectivity index (χ3n) is 1.77. The van der Waals surface area contributed by atoms with Crippen molar-refractivity contribution in [3.8, 4) is 0 Å². The van der Waals surface area contributed by atoms with Gasteiger partial charge in [0.15, 0.2) is 0 Å². The Kier molecular flexibility index (Phi) is 3.01. The number of rotatable bonds is 0. The van der Waals surface area contributed by atoms with E-state index in [1.807, 2.05) is 0 Å². The molecular weight excluding hydrogens is 114 g/mol. The van der Waals surface area contributed by atoms with Gasteiger partial charge in [-0.2, -0.15) is 0 Å². The summed E-state index contributed by atoms with van der Waals surface area (Å²) in [4.78, 5) is 0. The van der Waals surface area contributed by atoms with Crippen molar-refractivity contribution in [2.75, 3.05) is 13.1 Å². The second-order valence-corrected chi connectivity index (χ2v) is 2.71. The monoisotopic (exact) mass is 129 g/mol. The second kappa shape index (κ2) is 3.85. The molecule has 1 rings (SSSR count). The predicted octanol–water partition coefficient (Wildman–Crippen LogP) is 0.511. The van der Waals surface area contributed by atoms with Crippen molar-refractivity contribution in [3.05, 3.63) is 0 Å². The van der Waals surface area contributed by atoms with E-state index in [-0.39, 0.29) is 6.10 Å². The van der Waals surface area contributed by atoms with Gasteiger partial charge in [-0.25, -0.2) is 0 Å². The number of hydrogen-bond donors (Lipinski definition) is 2. The quantitative estimate of drug-likeness (QED) is 0.499. The zero-order chi connectivity index (χ0) is 6.53. The molecule has 2 heteroatoms. The molecule has 0 radical (unpaired) electrons. The summed E-state index contributed by atoms with van der Waals surface area (Å²) < 4.78 is 0. The smallest absolute Gasteiger partial charge is 0.0664 e. The maximum Gasteiger partial charge on any atom is 0.0664 e. The standard InChI is InChI=1S/C7H15NO/c9-7-4-2-1-3-5-8-6-7/h7-9H,1-6H2. The van der Waals surface area contributed by atoms with Crippen molar-refractivity contribution in [3.63, 3.8) is 0 Å². The molecule has 0 bridgehead atoms. The molecule has 0 saturated carbocycles. The molecule has 54 valence electrons. The second-order valence-electron chi connectivity index (χ2n) is 2.71. The first-order chi connectivity index (χ1) is 4.39. The molecule has 2 N–H and O–H groups in total. The Morgan fingerprint density at radius 2 is 2.11 bits per heavy atom. The van der Waals surface area contributed by atoms with Crippen molar-refractivity contribution in [2.24, 2.45) is 0 Å². The highest BCUT2D eigenvalue weighted by Crippen LogP contribution is 2.04. The highest BCUT2D eigenvalue weighted by molar-refractivity contribution is 4.63. The van der Waals surface area contributed by atoms with Crippen LogP contribution < -0.4 is 5.32 Å². The lowest BCUT2D eigenvalue weighted by molar-refractivity contribution is 0.152. The van der Waals surface area contributed by atoms with Crippen molar-refractivity contribution in [1.29, 1.82) is 0 Å². The summed E-state index contributed by atoms with van der Waals surface area (Å²) in [5, 5.41) is 12.3. The summed E-state index contributed by atoms with van der Waals surface area (Å²) in [6, 6.07) is 0. The molecule has 0 amide bonds. The lowest BCUT2D eigenvalue weighted by atomic mass is 10.1. The van der Waals surface area contributed by atoms with Gasteiger partial charge in [0.1, 0.15) is 0 Å². The number of aliphatic hydroxyl groups is 1. The Hall–Kier alpha value is -0.0800. The molecule has 1 heterocycles. The molecule has 1 aliphatic heterocycles. The Balaban J connectivity index is 2.12. The first-order valence-corrected chi connectivity index (χ1v) is 3.78. The van der Waals surface area contributed by atoms with Gasteiger partial charge in [-0.15, -0.1) is 0 Å². The van der Waals surface area contributed by atoms with Gasteiger partial charge in [-0.05, 0) is 19.4 Å². The maximum atomic E-state index is 9.15. The van der Waals surface area contributed by atoms with Crippen LogP contribution in [0.25, 0.3) is 0 Å². The van der Waals surface area contributed by atoms with Crippen LogP contribution in [-0.2, 0) is 0 Å². The van der Waals surface area contributed by atoms with E-state index in [2.05, 4.69) is 5.32 Å². The molecule has 2 nitrogen and oxygen atoms in total. The summed E-state index contributed by atoms with van der Waals surface area (Å²) >= 11 is 0. The van der Waals surface area contributed by atoms with Crippen LogP contribution in [0.15, 0.2) is 0 Å². The molecule has 1 atom stereocenters. The molecule has 0 spiro atoms. The van der Waals surface area contributed by atoms with Gasteiger partial charge in [0.05, 0.1) is 6.10 Å². The summed E-state index contributed by atoms with van der Waals surface area (Å²) in [6.07, 6.45) is 4.62. The Labute approximate surface area is 56.3 Å². The number of hydrogen-bond acceptors (Lipinski definition) is 2. The molecule has 1 aliphatic rings. The van der Waals surface area contributed by atoms with Crippen LogP contribution in [0, 0.1) is 0 Å². The SMILES string of the molecule is OC1CCCCCNC1. The molecule has 0 aromatic carbocycles. The third-order valence-corrected chi connectivity index (χ3v) is 1.77. The average molecular weight is 129 g/mol. The van der Waals surface area contributed by atoms with E-state index < -0.39 is 0 Å². The molecular formula is C7H15NO. The minimum absolute atomic E-state index is 0.0923. The van der Waals surface area contributed by atoms with E-state index in [0.29, 0.717) is 0 Å². The maximum absolute atomic E-state index is 9.15. The molecule has 1 saturated heterocycles. The van der Waals surface area contributed by atoms with E-state index in [4.69, 9.17) is 5.11 Å². The van der Waals surface area contributed by atoms with Crippen LogP contribution in [-0.4, -0.2) is 24.3 Å². The molecule has 1 unspecified atom stereocenters. The zero-order valence-electron chi connectivity index (χ0n) is 5.77. The largest absolute Gasteiger partial charge is 0.392 e. The molecule has 0 aromatic heterocycles. The molecule has 0 aromatic rings. The summed E-state index contributed by atoms with van der Waals surface area (Å²) in [5.41, 5.74) is 0. The molecule has 0 aliphatic carbocycles. The highest BCUT2D eigenvalue weighted by atomic mass is 16.3. The summed E-state index contributed by atoms with van der Waals surface area (Å²) in [5.74, 6) is 0. The first-order valence-electron chi connectivity index (χ1n) is 3.78. The van der Waals surface area contributed by atoms with Crippen LogP contribution in [0.4, 0.5) is 0 Å². The van der Waals surface area contributed by atoms with E-state index in [1.165, 1.54) is 19.3 Å². The van der Waals surface area contributed by atoms with Crippen molar-refractivity contribution in [2.45, 2.75) is 31.8 Å². The Morgan fingerprint density at radius 1 is 1.22 bits per heavy atom. The third kappa shape index (κ3) is 2.82. The topological polar surface area (TPSA) is 32.3 Å². The number of aliphatic hydroxyl groups excluding tert-OH is 1. The van der Waals surface area contributed by atoms with Crippen molar-refractivity contribution < 1.29 is 5.11 Å². The number of β-amino-alcohol motifs (C(OH)–C–C–N with tert-alkyl or cyclic N) is 1. The Bertz CT molecular complexity index is 67.3. The fourth-order valence-electron chi connectivity index (χ4n) is 1.18. The van der Waals surface area contributed by atoms with Gasteiger partial charge >= 0.3 is 0 Å². The van der Waals surface area contributed by atoms with Crippen molar-refractivity contribution >= 4 is 0 Å². The molecule has 1 fully saturated rings. The van der Waals surface area contributed by atoms with E-state index in [1.54, 1.807) is 0 Å². The van der Waals surface area contributed by atoms with Crippen LogP contribution in [0.5, 0.6) is 0 Å². The van der Waals surface area contributed by atoms with Gasteiger partial charge in [0.2, 0.25) is 0 Å². The molecule has 9 heavy (non-hydrogen) atoms. The van der Waals surface area contributed by atoms with Gasteiger partial charge < -0.3 is 10.4 Å². The minimum atomic E-state index is -0.0923. The first kappa shape index (κ1) is 7.03.